The lowest BCUT2D eigenvalue weighted by molar-refractivity contribution is 0.409. The van der Waals surface area contributed by atoms with Gasteiger partial charge in [-0.1, -0.05) is 29.8 Å². The molecule has 0 amide bonds. The largest absolute Gasteiger partial charge is 0.496 e. The number of ether oxygens (including phenoxy) is 1. The number of aliphatic imine (C=N–C) groups is 1. The number of hydrogen-bond donors (Lipinski definition) is 2. The van der Waals surface area contributed by atoms with Gasteiger partial charge < -0.3 is 15.4 Å². The number of nitrogens with one attached hydrogen (secondary N) is 2. The summed E-state index contributed by atoms with van der Waals surface area (Å²) in [6.45, 7) is 3.44. The second-order valence-corrected chi connectivity index (χ2v) is 5.73. The molecule has 0 unspecified atom stereocenters. The Balaban J connectivity index is 1.86. The molecule has 0 fully saturated rings. The average Bonchev–Trinajstić information content (AvgIpc) is 2.64. The van der Waals surface area contributed by atoms with Gasteiger partial charge in [-0.05, 0) is 42.7 Å². The van der Waals surface area contributed by atoms with Crippen molar-refractivity contribution in [2.24, 2.45) is 4.99 Å². The van der Waals surface area contributed by atoms with Crippen LogP contribution in [0.4, 0.5) is 0 Å². The average molecular weight is 336 g/mol. The van der Waals surface area contributed by atoms with Crippen molar-refractivity contribution < 1.29 is 4.74 Å². The summed E-state index contributed by atoms with van der Waals surface area (Å²) in [5.74, 6) is 1.64. The van der Waals surface area contributed by atoms with Crippen LogP contribution in [-0.2, 0) is 13.0 Å². The molecule has 0 heterocycles. The molecule has 0 saturated heterocycles. The van der Waals surface area contributed by atoms with Crippen molar-refractivity contribution in [1.82, 2.24) is 10.6 Å². The third kappa shape index (κ3) is 5.54. The molecule has 130 valence electrons. The van der Waals surface area contributed by atoms with Crippen molar-refractivity contribution in [2.75, 3.05) is 20.7 Å². The molecule has 25 heavy (non-hydrogen) atoms. The summed E-state index contributed by atoms with van der Waals surface area (Å²) in [4.78, 5) is 4.24. The van der Waals surface area contributed by atoms with Crippen LogP contribution in [0.5, 0.6) is 5.75 Å². The lowest BCUT2D eigenvalue weighted by atomic mass is 10.1. The molecule has 0 atom stereocenters. The number of hydrogen-bond acceptors (Lipinski definition) is 3. The summed E-state index contributed by atoms with van der Waals surface area (Å²) < 4.78 is 5.41. The van der Waals surface area contributed by atoms with Crippen LogP contribution in [0.3, 0.4) is 0 Å². The molecule has 2 rings (SSSR count). The van der Waals surface area contributed by atoms with Gasteiger partial charge in [0.15, 0.2) is 5.96 Å². The lowest BCUT2D eigenvalue weighted by Crippen LogP contribution is -2.37. The van der Waals surface area contributed by atoms with E-state index in [1.165, 1.54) is 11.1 Å². The van der Waals surface area contributed by atoms with Crippen LogP contribution < -0.4 is 15.4 Å². The Morgan fingerprint density at radius 2 is 2.04 bits per heavy atom. The van der Waals surface area contributed by atoms with Crippen molar-refractivity contribution in [3.63, 3.8) is 0 Å². The fourth-order valence-corrected chi connectivity index (χ4v) is 2.58. The molecular formula is C20H24N4O. The van der Waals surface area contributed by atoms with Crippen LogP contribution >= 0.6 is 0 Å². The monoisotopic (exact) mass is 336 g/mol. The quantitative estimate of drug-likeness (QED) is 0.629. The number of methoxy groups -OCH3 is 1. The SMILES string of the molecule is CN=C(NCCc1cc(C)ccc1OC)NCc1cccc(C#N)c1. The smallest absolute Gasteiger partial charge is 0.191 e. The van der Waals surface area contributed by atoms with E-state index < -0.39 is 0 Å². The van der Waals surface area contributed by atoms with Gasteiger partial charge in [-0.2, -0.15) is 5.26 Å². The lowest BCUT2D eigenvalue weighted by Gasteiger charge is -2.13. The number of rotatable bonds is 6. The van der Waals surface area contributed by atoms with Crippen LogP contribution in [0.1, 0.15) is 22.3 Å². The second-order valence-electron chi connectivity index (χ2n) is 5.73. The maximum Gasteiger partial charge on any atom is 0.191 e. The minimum absolute atomic E-state index is 0.614. The van der Waals surface area contributed by atoms with E-state index in [1.54, 1.807) is 20.2 Å². The van der Waals surface area contributed by atoms with Crippen LogP contribution in [0.2, 0.25) is 0 Å². The Bertz CT molecular complexity index is 778. The molecule has 0 spiro atoms. The van der Waals surface area contributed by atoms with E-state index in [4.69, 9.17) is 10.00 Å². The van der Waals surface area contributed by atoms with Crippen LogP contribution in [0, 0.1) is 18.3 Å². The zero-order valence-corrected chi connectivity index (χ0v) is 15.0. The van der Waals surface area contributed by atoms with Gasteiger partial charge in [0, 0.05) is 20.1 Å². The first kappa shape index (κ1) is 18.3. The predicted molar refractivity (Wildman–Crippen MR) is 101 cm³/mol. The maximum atomic E-state index is 8.96. The van der Waals surface area contributed by atoms with Crippen LogP contribution in [-0.4, -0.2) is 26.7 Å². The third-order valence-electron chi connectivity index (χ3n) is 3.86. The predicted octanol–water partition coefficient (Wildman–Crippen LogP) is 2.78. The molecule has 2 N–H and O–H groups in total. The first-order chi connectivity index (χ1) is 12.2. The highest BCUT2D eigenvalue weighted by Gasteiger charge is 2.04. The highest BCUT2D eigenvalue weighted by Crippen LogP contribution is 2.19. The molecule has 0 saturated carbocycles. The van der Waals surface area contributed by atoms with Gasteiger partial charge in [-0.3, -0.25) is 4.99 Å². The Labute approximate surface area is 149 Å². The summed E-state index contributed by atoms with van der Waals surface area (Å²) in [5, 5.41) is 15.5. The fourth-order valence-electron chi connectivity index (χ4n) is 2.58. The zero-order valence-electron chi connectivity index (χ0n) is 15.0. The van der Waals surface area contributed by atoms with E-state index in [0.717, 1.165) is 30.2 Å². The maximum absolute atomic E-state index is 8.96. The van der Waals surface area contributed by atoms with Crippen molar-refractivity contribution in [1.29, 1.82) is 5.26 Å². The van der Waals surface area contributed by atoms with Gasteiger partial charge in [0.2, 0.25) is 0 Å². The molecular weight excluding hydrogens is 312 g/mol. The number of aryl methyl sites for hydroxylation is 1. The Morgan fingerprint density at radius 3 is 2.76 bits per heavy atom. The molecule has 2 aromatic carbocycles. The van der Waals surface area contributed by atoms with Gasteiger partial charge in [0.25, 0.3) is 0 Å². The Morgan fingerprint density at radius 1 is 1.20 bits per heavy atom. The number of benzene rings is 2. The van der Waals surface area contributed by atoms with Gasteiger partial charge in [-0.25, -0.2) is 0 Å². The topological polar surface area (TPSA) is 69.4 Å². The molecule has 0 aromatic heterocycles. The first-order valence-corrected chi connectivity index (χ1v) is 8.23. The Kier molecular flexibility index (Phi) is 6.85. The minimum Gasteiger partial charge on any atom is -0.496 e. The fraction of sp³-hybridized carbons (Fsp3) is 0.300. The highest BCUT2D eigenvalue weighted by atomic mass is 16.5. The highest BCUT2D eigenvalue weighted by molar-refractivity contribution is 5.79. The van der Waals surface area contributed by atoms with E-state index >= 15 is 0 Å². The molecule has 0 radical (unpaired) electrons. The molecule has 0 bridgehead atoms. The Hall–Kier alpha value is -3.00. The first-order valence-electron chi connectivity index (χ1n) is 8.23. The van der Waals surface area contributed by atoms with Crippen LogP contribution in [0.25, 0.3) is 0 Å². The van der Waals surface area contributed by atoms with E-state index in [0.29, 0.717) is 12.1 Å². The molecule has 0 aliphatic heterocycles. The van der Waals surface area contributed by atoms with Crippen molar-refractivity contribution in [3.05, 3.63) is 64.7 Å². The summed E-state index contributed by atoms with van der Waals surface area (Å²) >= 11 is 0. The normalized spacial score (nSPS) is 10.9. The van der Waals surface area contributed by atoms with Crippen molar-refractivity contribution in [3.8, 4) is 11.8 Å². The van der Waals surface area contributed by atoms with Gasteiger partial charge in [0.1, 0.15) is 5.75 Å². The second kappa shape index (κ2) is 9.33. The standard InChI is InChI=1S/C20H24N4O/c1-15-7-8-19(25-3)18(11-15)9-10-23-20(22-2)24-14-17-6-4-5-16(12-17)13-21/h4-8,11-12H,9-10,14H2,1-3H3,(H2,22,23,24). The third-order valence-corrected chi connectivity index (χ3v) is 3.86. The van der Waals surface area contributed by atoms with E-state index in [1.807, 2.05) is 30.3 Å². The van der Waals surface area contributed by atoms with Crippen molar-refractivity contribution >= 4 is 5.96 Å². The summed E-state index contributed by atoms with van der Waals surface area (Å²) in [6, 6.07) is 15.9. The van der Waals surface area contributed by atoms with E-state index in [9.17, 15) is 0 Å². The van der Waals surface area contributed by atoms with Crippen molar-refractivity contribution in [2.45, 2.75) is 19.9 Å². The van der Waals surface area contributed by atoms with Gasteiger partial charge >= 0.3 is 0 Å². The molecule has 5 nitrogen and oxygen atoms in total. The van der Waals surface area contributed by atoms with E-state index in [2.05, 4.69) is 34.7 Å². The van der Waals surface area contributed by atoms with Gasteiger partial charge in [0.05, 0.1) is 18.7 Å². The molecule has 0 aliphatic carbocycles. The zero-order chi connectivity index (χ0) is 18.1. The molecule has 5 heteroatoms. The molecule has 0 aliphatic rings. The number of nitrogens with zero attached hydrogens (tertiary/aromatic N) is 2. The summed E-state index contributed by atoms with van der Waals surface area (Å²) in [7, 11) is 3.44. The van der Waals surface area contributed by atoms with Crippen LogP contribution in [0.15, 0.2) is 47.5 Å². The van der Waals surface area contributed by atoms with Gasteiger partial charge in [-0.15, -0.1) is 0 Å². The summed E-state index contributed by atoms with van der Waals surface area (Å²) in [6.07, 6.45) is 0.843. The number of nitriles is 1. The molecule has 2 aromatic rings. The minimum atomic E-state index is 0.614. The van der Waals surface area contributed by atoms with E-state index in [-0.39, 0.29) is 0 Å². The number of guanidine groups is 1. The summed E-state index contributed by atoms with van der Waals surface area (Å²) in [5.41, 5.74) is 4.10.